The summed E-state index contributed by atoms with van der Waals surface area (Å²) in [6.45, 7) is 0. The number of benzene rings is 4. The van der Waals surface area contributed by atoms with Crippen molar-refractivity contribution in [2.24, 2.45) is 7.05 Å². The highest BCUT2D eigenvalue weighted by atomic mass is 31.2. The Kier molecular flexibility index (Phi) is 4.48. The fourth-order valence-electron chi connectivity index (χ4n) is 5.08. The highest BCUT2D eigenvalue weighted by Crippen LogP contribution is 2.56. The Morgan fingerprint density at radius 2 is 1.22 bits per heavy atom. The average molecular weight is 431 g/mol. The zero-order chi connectivity index (χ0) is 21.5. The number of aromatic nitrogens is 2. The van der Waals surface area contributed by atoms with E-state index >= 15 is 0 Å². The molecule has 1 N–H and O–H groups in total. The van der Waals surface area contributed by atoms with E-state index in [-0.39, 0.29) is 0 Å². The average Bonchev–Trinajstić information content (AvgIpc) is 3.49. The third-order valence-corrected chi connectivity index (χ3v) is 10.9. The van der Waals surface area contributed by atoms with Crippen LogP contribution in [0, 0.1) is 0 Å². The second-order valence-electron chi connectivity index (χ2n) is 8.19. The predicted octanol–water partition coefficient (Wildman–Crippen LogP) is 5.28. The molecule has 0 saturated heterocycles. The molecule has 0 unspecified atom stereocenters. The molecule has 0 saturated carbocycles. The van der Waals surface area contributed by atoms with E-state index in [1.165, 1.54) is 43.0 Å². The number of rotatable bonds is 4. The Morgan fingerprint density at radius 3 is 1.91 bits per heavy atom. The second kappa shape index (κ2) is 7.51. The van der Waals surface area contributed by atoms with Crippen LogP contribution in [0.2, 0.25) is 0 Å². The van der Waals surface area contributed by atoms with Crippen molar-refractivity contribution in [2.75, 3.05) is 0 Å². The molecular weight excluding hydrogens is 407 g/mol. The molecule has 0 aliphatic heterocycles. The summed E-state index contributed by atoms with van der Waals surface area (Å²) in [6.07, 6.45) is 4.23. The fraction of sp³-hybridized carbons (Fsp3) is 0.0345. The van der Waals surface area contributed by atoms with Crippen molar-refractivity contribution in [3.05, 3.63) is 122 Å². The van der Waals surface area contributed by atoms with Crippen LogP contribution in [0.5, 0.6) is 0 Å². The van der Waals surface area contributed by atoms with Gasteiger partial charge in [0, 0.05) is 35.7 Å². The van der Waals surface area contributed by atoms with E-state index in [1.807, 2.05) is 0 Å². The summed E-state index contributed by atoms with van der Waals surface area (Å²) < 4.78 is 2.22. The van der Waals surface area contributed by atoms with E-state index in [9.17, 15) is 0 Å². The molecular formula is C29H24N2P+. The molecule has 32 heavy (non-hydrogen) atoms. The van der Waals surface area contributed by atoms with Crippen molar-refractivity contribution in [1.82, 2.24) is 9.55 Å². The smallest absolute Gasteiger partial charge is 0.145 e. The van der Waals surface area contributed by atoms with Crippen LogP contribution >= 0.6 is 7.26 Å². The molecule has 4 aromatic carbocycles. The predicted molar refractivity (Wildman–Crippen MR) is 140 cm³/mol. The fourth-order valence-corrected chi connectivity index (χ4v) is 9.71. The van der Waals surface area contributed by atoms with E-state index in [0.717, 1.165) is 0 Å². The third-order valence-electron chi connectivity index (χ3n) is 6.49. The first-order valence-corrected chi connectivity index (χ1v) is 12.7. The molecule has 2 aromatic heterocycles. The maximum absolute atomic E-state index is 3.44. The monoisotopic (exact) mass is 431 g/mol. The Bertz CT molecular complexity index is 1490. The lowest BCUT2D eigenvalue weighted by Gasteiger charge is -2.28. The molecule has 2 nitrogen and oxygen atoms in total. The first-order chi connectivity index (χ1) is 15.8. The van der Waals surface area contributed by atoms with Gasteiger partial charge in [0.25, 0.3) is 0 Å². The van der Waals surface area contributed by atoms with Gasteiger partial charge in [-0.1, -0.05) is 48.5 Å². The quantitative estimate of drug-likeness (QED) is 0.367. The Hall–Kier alpha value is -3.61. The number of hydrogen-bond donors (Lipinski definition) is 1. The molecule has 0 spiro atoms. The maximum atomic E-state index is 3.44. The van der Waals surface area contributed by atoms with Gasteiger partial charge in [-0.3, -0.25) is 0 Å². The van der Waals surface area contributed by atoms with Crippen LogP contribution in [-0.2, 0) is 7.05 Å². The van der Waals surface area contributed by atoms with E-state index in [2.05, 4.69) is 138 Å². The van der Waals surface area contributed by atoms with Gasteiger partial charge in [0.2, 0.25) is 0 Å². The SMILES string of the molecule is Cn1ccc2c([P+](c3ccccc3)(c3ccccc3)c3cccc4[nH]ccc34)cccc21. The van der Waals surface area contributed by atoms with E-state index in [1.54, 1.807) is 0 Å². The Labute approximate surface area is 188 Å². The van der Waals surface area contributed by atoms with Crippen molar-refractivity contribution < 1.29 is 0 Å². The van der Waals surface area contributed by atoms with E-state index < -0.39 is 7.26 Å². The zero-order valence-corrected chi connectivity index (χ0v) is 18.8. The number of nitrogens with zero attached hydrogens (tertiary/aromatic N) is 1. The van der Waals surface area contributed by atoms with Crippen molar-refractivity contribution in [3.63, 3.8) is 0 Å². The molecule has 0 bridgehead atoms. The number of H-pyrrole nitrogens is 1. The summed E-state index contributed by atoms with van der Waals surface area (Å²) in [5.74, 6) is 0. The van der Waals surface area contributed by atoms with Gasteiger partial charge < -0.3 is 9.55 Å². The minimum atomic E-state index is -2.18. The molecule has 6 aromatic rings. The summed E-state index contributed by atoms with van der Waals surface area (Å²) >= 11 is 0. The molecule has 0 aliphatic rings. The topological polar surface area (TPSA) is 20.7 Å². The number of hydrogen-bond acceptors (Lipinski definition) is 0. The first-order valence-electron chi connectivity index (χ1n) is 10.9. The summed E-state index contributed by atoms with van der Waals surface area (Å²) in [5.41, 5.74) is 2.44. The minimum Gasteiger partial charge on any atom is -0.361 e. The van der Waals surface area contributed by atoms with Gasteiger partial charge in [0.15, 0.2) is 0 Å². The molecule has 2 heterocycles. The number of aromatic amines is 1. The van der Waals surface area contributed by atoms with Gasteiger partial charge in [-0.25, -0.2) is 0 Å². The van der Waals surface area contributed by atoms with Crippen LogP contribution in [0.25, 0.3) is 21.8 Å². The summed E-state index contributed by atoms with van der Waals surface area (Å²) in [7, 11) is -0.0544. The largest absolute Gasteiger partial charge is 0.361 e. The molecule has 0 radical (unpaired) electrons. The standard InChI is InChI=1S/C29H24N2P/c1-31-21-19-25-27(31)15-9-17-29(25)32(22-10-4-2-5-11-22,23-12-6-3-7-13-23)28-16-8-14-26-24(28)18-20-30-26/h2-21,30H,1H3/q+1. The van der Waals surface area contributed by atoms with Crippen LogP contribution in [-0.4, -0.2) is 9.55 Å². The van der Waals surface area contributed by atoms with Crippen molar-refractivity contribution >= 4 is 50.3 Å². The third kappa shape index (κ3) is 2.70. The second-order valence-corrected chi connectivity index (χ2v) is 11.5. The van der Waals surface area contributed by atoms with Crippen molar-refractivity contribution in [1.29, 1.82) is 0 Å². The molecule has 0 fully saturated rings. The number of fused-ring (bicyclic) bond motifs is 2. The lowest BCUT2D eigenvalue weighted by atomic mass is 10.2. The molecule has 3 heteroatoms. The lowest BCUT2D eigenvalue weighted by Crippen LogP contribution is -2.39. The molecule has 6 rings (SSSR count). The van der Waals surface area contributed by atoms with Gasteiger partial charge in [0.1, 0.15) is 28.5 Å². The highest BCUT2D eigenvalue weighted by Gasteiger charge is 2.50. The van der Waals surface area contributed by atoms with Crippen LogP contribution in [0.15, 0.2) is 122 Å². The van der Waals surface area contributed by atoms with Crippen LogP contribution < -0.4 is 21.2 Å². The first kappa shape index (κ1) is 19.1. The van der Waals surface area contributed by atoms with Gasteiger partial charge in [-0.05, 0) is 60.7 Å². The maximum Gasteiger partial charge on any atom is 0.145 e. The minimum absolute atomic E-state index is 1.18. The normalized spacial score (nSPS) is 11.9. The Balaban J connectivity index is 1.86. The molecule has 0 aliphatic carbocycles. The van der Waals surface area contributed by atoms with Crippen LogP contribution in [0.4, 0.5) is 0 Å². The molecule has 0 amide bonds. The summed E-state index contributed by atoms with van der Waals surface area (Å²) in [6, 6.07) is 40.2. The van der Waals surface area contributed by atoms with Crippen molar-refractivity contribution in [2.45, 2.75) is 0 Å². The van der Waals surface area contributed by atoms with Gasteiger partial charge in [-0.2, -0.15) is 0 Å². The van der Waals surface area contributed by atoms with Crippen LogP contribution in [0.1, 0.15) is 0 Å². The van der Waals surface area contributed by atoms with Gasteiger partial charge in [0.05, 0.1) is 5.52 Å². The lowest BCUT2D eigenvalue weighted by molar-refractivity contribution is 0.969. The Morgan fingerprint density at radius 1 is 0.594 bits per heavy atom. The van der Waals surface area contributed by atoms with Crippen LogP contribution in [0.3, 0.4) is 0 Å². The van der Waals surface area contributed by atoms with E-state index in [0.29, 0.717) is 0 Å². The summed E-state index contributed by atoms with van der Waals surface area (Å²) in [4.78, 5) is 3.44. The van der Waals surface area contributed by atoms with E-state index in [4.69, 9.17) is 0 Å². The zero-order valence-electron chi connectivity index (χ0n) is 17.9. The number of aryl methyl sites for hydroxylation is 1. The highest BCUT2D eigenvalue weighted by molar-refractivity contribution is 8.02. The number of nitrogens with one attached hydrogen (secondary N) is 1. The van der Waals surface area contributed by atoms with Gasteiger partial charge in [-0.15, -0.1) is 0 Å². The summed E-state index contributed by atoms with van der Waals surface area (Å²) in [5, 5.41) is 8.16. The van der Waals surface area contributed by atoms with Crippen molar-refractivity contribution in [3.8, 4) is 0 Å². The molecule has 154 valence electrons. The van der Waals surface area contributed by atoms with Gasteiger partial charge >= 0.3 is 0 Å². The molecule has 0 atom stereocenters.